The Hall–Kier alpha value is -2.34. The first-order chi connectivity index (χ1) is 12.5. The van der Waals surface area contributed by atoms with Crippen molar-refractivity contribution in [2.45, 2.75) is 19.3 Å². The first-order valence-electron chi connectivity index (χ1n) is 7.97. The molecule has 0 amide bonds. The minimum Gasteiger partial charge on any atom is -0.353 e. The van der Waals surface area contributed by atoms with Gasteiger partial charge < -0.3 is 4.90 Å². The lowest BCUT2D eigenvalue weighted by Gasteiger charge is -2.34. The molecule has 0 radical (unpaired) electrons. The standard InChI is InChI=1S/C14H15F3N8S/c15-14(16,17)8-25-21-11(20-22-25)7-23-2-4-24(5-3-23)13-12-10(1-6-26-12)18-9-19-13/h1,6,9H,2-5,7-8H2. The van der Waals surface area contributed by atoms with Gasteiger partial charge in [0, 0.05) is 26.2 Å². The number of nitrogens with zero attached hydrogens (tertiary/aromatic N) is 8. The van der Waals surface area contributed by atoms with Gasteiger partial charge in [-0.15, -0.1) is 21.5 Å². The van der Waals surface area contributed by atoms with Crippen LogP contribution in [0.4, 0.5) is 19.0 Å². The van der Waals surface area contributed by atoms with Crippen molar-refractivity contribution >= 4 is 27.4 Å². The van der Waals surface area contributed by atoms with E-state index in [2.05, 4.69) is 35.2 Å². The lowest BCUT2D eigenvalue weighted by Crippen LogP contribution is -2.46. The van der Waals surface area contributed by atoms with E-state index in [4.69, 9.17) is 0 Å². The number of alkyl halides is 3. The van der Waals surface area contributed by atoms with Crippen molar-refractivity contribution in [2.24, 2.45) is 0 Å². The van der Waals surface area contributed by atoms with E-state index < -0.39 is 12.7 Å². The first kappa shape index (κ1) is 17.1. The molecular formula is C14H15F3N8S. The predicted molar refractivity (Wildman–Crippen MR) is 88.8 cm³/mol. The minimum atomic E-state index is -4.35. The van der Waals surface area contributed by atoms with Crippen molar-refractivity contribution in [3.63, 3.8) is 0 Å². The van der Waals surface area contributed by atoms with Crippen LogP contribution in [0.25, 0.3) is 10.2 Å². The molecule has 0 saturated carbocycles. The number of tetrazole rings is 1. The molecule has 0 atom stereocenters. The van der Waals surface area contributed by atoms with Gasteiger partial charge in [0.15, 0.2) is 12.4 Å². The van der Waals surface area contributed by atoms with Gasteiger partial charge in [-0.3, -0.25) is 4.90 Å². The molecule has 1 aliphatic heterocycles. The van der Waals surface area contributed by atoms with Crippen LogP contribution in [0.15, 0.2) is 17.8 Å². The SMILES string of the molecule is FC(F)(F)Cn1nnc(CN2CCN(c3ncnc4ccsc34)CC2)n1. The van der Waals surface area contributed by atoms with Gasteiger partial charge in [-0.05, 0) is 16.7 Å². The number of rotatable bonds is 4. The van der Waals surface area contributed by atoms with Crippen LogP contribution in [-0.4, -0.2) is 67.4 Å². The van der Waals surface area contributed by atoms with Gasteiger partial charge >= 0.3 is 6.18 Å². The number of halogens is 3. The molecule has 1 aliphatic rings. The second kappa shape index (κ2) is 6.76. The Labute approximate surface area is 150 Å². The summed E-state index contributed by atoms with van der Waals surface area (Å²) in [6.45, 7) is 2.17. The Kier molecular flexibility index (Phi) is 4.44. The molecule has 3 aromatic rings. The summed E-state index contributed by atoms with van der Waals surface area (Å²) in [6, 6.07) is 1.97. The van der Waals surface area contributed by atoms with E-state index in [1.54, 1.807) is 17.7 Å². The average Bonchev–Trinajstić information content (AvgIpc) is 3.23. The third-order valence-corrected chi connectivity index (χ3v) is 4.98. The molecule has 0 spiro atoms. The highest BCUT2D eigenvalue weighted by Gasteiger charge is 2.30. The number of anilines is 1. The summed E-state index contributed by atoms with van der Waals surface area (Å²) in [5, 5.41) is 13.0. The van der Waals surface area contributed by atoms with Crippen LogP contribution < -0.4 is 4.90 Å². The van der Waals surface area contributed by atoms with Gasteiger partial charge in [0.1, 0.15) is 12.1 Å². The summed E-state index contributed by atoms with van der Waals surface area (Å²) < 4.78 is 38.1. The molecule has 4 heterocycles. The normalized spacial score (nSPS) is 16.5. The van der Waals surface area contributed by atoms with E-state index in [9.17, 15) is 13.2 Å². The molecule has 0 aromatic carbocycles. The van der Waals surface area contributed by atoms with E-state index in [0.717, 1.165) is 42.2 Å². The zero-order valence-corrected chi connectivity index (χ0v) is 14.4. The molecule has 3 aromatic heterocycles. The Morgan fingerprint density at radius 2 is 1.92 bits per heavy atom. The van der Waals surface area contributed by atoms with E-state index in [1.165, 1.54) is 0 Å². The van der Waals surface area contributed by atoms with Crippen LogP contribution in [-0.2, 0) is 13.1 Å². The summed E-state index contributed by atoms with van der Waals surface area (Å²) in [5.74, 6) is 1.23. The van der Waals surface area contributed by atoms with Crippen LogP contribution in [0.3, 0.4) is 0 Å². The summed E-state index contributed by atoms with van der Waals surface area (Å²) in [7, 11) is 0. The lowest BCUT2D eigenvalue weighted by atomic mass is 10.3. The lowest BCUT2D eigenvalue weighted by molar-refractivity contribution is -0.145. The molecule has 26 heavy (non-hydrogen) atoms. The molecule has 12 heteroatoms. The molecule has 0 N–H and O–H groups in total. The third-order valence-electron chi connectivity index (χ3n) is 4.08. The minimum absolute atomic E-state index is 0.297. The molecule has 0 bridgehead atoms. The number of thiophene rings is 1. The summed E-state index contributed by atoms with van der Waals surface area (Å²) in [5.41, 5.74) is 0.938. The number of hydrogen-bond acceptors (Lipinski definition) is 8. The summed E-state index contributed by atoms with van der Waals surface area (Å²) in [6.07, 6.45) is -2.78. The largest absolute Gasteiger partial charge is 0.409 e. The van der Waals surface area contributed by atoms with Crippen molar-refractivity contribution in [3.8, 4) is 0 Å². The van der Waals surface area contributed by atoms with E-state index in [-0.39, 0.29) is 0 Å². The highest BCUT2D eigenvalue weighted by atomic mass is 32.1. The van der Waals surface area contributed by atoms with E-state index in [0.29, 0.717) is 17.2 Å². The second-order valence-electron chi connectivity index (χ2n) is 5.95. The van der Waals surface area contributed by atoms with Crippen molar-refractivity contribution in [1.82, 2.24) is 35.1 Å². The Morgan fingerprint density at radius 3 is 2.69 bits per heavy atom. The summed E-state index contributed by atoms with van der Waals surface area (Å²) >= 11 is 1.62. The zero-order chi connectivity index (χ0) is 18.1. The third kappa shape index (κ3) is 3.75. The maximum atomic E-state index is 12.3. The van der Waals surface area contributed by atoms with Gasteiger partial charge in [-0.2, -0.15) is 18.0 Å². The van der Waals surface area contributed by atoms with Crippen LogP contribution in [0.1, 0.15) is 5.82 Å². The predicted octanol–water partition coefficient (Wildman–Crippen LogP) is 1.56. The fourth-order valence-electron chi connectivity index (χ4n) is 2.89. The molecule has 1 saturated heterocycles. The van der Waals surface area contributed by atoms with Crippen LogP contribution in [0.5, 0.6) is 0 Å². The average molecular weight is 384 g/mol. The molecule has 0 unspecified atom stereocenters. The Balaban J connectivity index is 1.36. The maximum absolute atomic E-state index is 12.3. The summed E-state index contributed by atoms with van der Waals surface area (Å²) in [4.78, 5) is 13.5. The quantitative estimate of drug-likeness (QED) is 0.676. The number of hydrogen-bond donors (Lipinski definition) is 0. The van der Waals surface area contributed by atoms with Crippen molar-refractivity contribution in [2.75, 3.05) is 31.1 Å². The molecule has 1 fully saturated rings. The monoisotopic (exact) mass is 384 g/mol. The van der Waals surface area contributed by atoms with Crippen molar-refractivity contribution < 1.29 is 13.2 Å². The molecule has 138 valence electrons. The number of piperazine rings is 1. The second-order valence-corrected chi connectivity index (χ2v) is 6.86. The van der Waals surface area contributed by atoms with E-state index >= 15 is 0 Å². The van der Waals surface area contributed by atoms with Crippen molar-refractivity contribution in [1.29, 1.82) is 0 Å². The van der Waals surface area contributed by atoms with Gasteiger partial charge in [0.2, 0.25) is 0 Å². The fourth-order valence-corrected chi connectivity index (χ4v) is 3.75. The highest BCUT2D eigenvalue weighted by molar-refractivity contribution is 7.17. The van der Waals surface area contributed by atoms with Crippen LogP contribution in [0, 0.1) is 0 Å². The Bertz CT molecular complexity index is 884. The topological polar surface area (TPSA) is 75.9 Å². The van der Waals surface area contributed by atoms with Gasteiger partial charge in [0.25, 0.3) is 0 Å². The molecular weight excluding hydrogens is 369 g/mol. The Morgan fingerprint density at radius 1 is 1.12 bits per heavy atom. The first-order valence-corrected chi connectivity index (χ1v) is 8.85. The van der Waals surface area contributed by atoms with E-state index in [1.807, 2.05) is 11.4 Å². The fraction of sp³-hybridized carbons (Fsp3) is 0.500. The zero-order valence-electron chi connectivity index (χ0n) is 13.6. The van der Waals surface area contributed by atoms with Gasteiger partial charge in [-0.25, -0.2) is 9.97 Å². The highest BCUT2D eigenvalue weighted by Crippen LogP contribution is 2.28. The number of fused-ring (bicyclic) bond motifs is 1. The smallest absolute Gasteiger partial charge is 0.353 e. The van der Waals surface area contributed by atoms with Crippen LogP contribution >= 0.6 is 11.3 Å². The maximum Gasteiger partial charge on any atom is 0.409 e. The molecule has 4 rings (SSSR count). The molecule has 0 aliphatic carbocycles. The number of aromatic nitrogens is 6. The molecule has 8 nitrogen and oxygen atoms in total. The van der Waals surface area contributed by atoms with Gasteiger partial charge in [-0.1, -0.05) is 0 Å². The van der Waals surface area contributed by atoms with Crippen molar-refractivity contribution in [3.05, 3.63) is 23.6 Å². The van der Waals surface area contributed by atoms with Gasteiger partial charge in [0.05, 0.1) is 16.8 Å². The van der Waals surface area contributed by atoms with Crippen LogP contribution in [0.2, 0.25) is 0 Å².